The van der Waals surface area contributed by atoms with Crippen LogP contribution in [0.2, 0.25) is 0 Å². The Bertz CT molecular complexity index is 727. The summed E-state index contributed by atoms with van der Waals surface area (Å²) in [5, 5.41) is 4.81. The molecule has 0 aliphatic heterocycles. The molecule has 3 rings (SSSR count). The van der Waals surface area contributed by atoms with Gasteiger partial charge < -0.3 is 5.32 Å². The molecule has 1 atom stereocenters. The summed E-state index contributed by atoms with van der Waals surface area (Å²) in [6.07, 6.45) is 2.97. The van der Waals surface area contributed by atoms with E-state index in [0.717, 1.165) is 18.5 Å². The lowest BCUT2D eigenvalue weighted by Gasteiger charge is -2.18. The van der Waals surface area contributed by atoms with Crippen molar-refractivity contribution in [3.05, 3.63) is 64.0 Å². The van der Waals surface area contributed by atoms with Crippen LogP contribution in [0, 0.1) is 0 Å². The van der Waals surface area contributed by atoms with E-state index in [4.69, 9.17) is 0 Å². The predicted octanol–water partition coefficient (Wildman–Crippen LogP) is 4.56. The number of hydrogen-bond donors (Lipinski definition) is 1. The van der Waals surface area contributed by atoms with Gasteiger partial charge >= 0.3 is 0 Å². The summed E-state index contributed by atoms with van der Waals surface area (Å²) in [4.78, 5) is 7.40. The van der Waals surface area contributed by atoms with Gasteiger partial charge in [-0.25, -0.2) is 0 Å². The molecule has 0 aliphatic rings. The molecule has 0 saturated carbocycles. The highest BCUT2D eigenvalue weighted by molar-refractivity contribution is 7.12. The van der Waals surface area contributed by atoms with E-state index in [2.05, 4.69) is 60.5 Å². The van der Waals surface area contributed by atoms with Crippen molar-refractivity contribution in [1.82, 2.24) is 10.3 Å². The molecule has 0 saturated heterocycles. The number of aryl methyl sites for hydroxylation is 1. The molecule has 108 valence electrons. The Morgan fingerprint density at radius 1 is 1.10 bits per heavy atom. The average Bonchev–Trinajstić information content (AvgIpc) is 3.01. The second kappa shape index (κ2) is 6.37. The number of thiophene rings is 1. The molecule has 2 heterocycles. The summed E-state index contributed by atoms with van der Waals surface area (Å²) in [6.45, 7) is 5.30. The third kappa shape index (κ3) is 2.85. The van der Waals surface area contributed by atoms with Crippen molar-refractivity contribution < 1.29 is 0 Å². The van der Waals surface area contributed by atoms with E-state index >= 15 is 0 Å². The summed E-state index contributed by atoms with van der Waals surface area (Å²) in [5.41, 5.74) is 2.36. The van der Waals surface area contributed by atoms with Crippen molar-refractivity contribution in [2.24, 2.45) is 0 Å². The zero-order valence-electron chi connectivity index (χ0n) is 12.5. The van der Waals surface area contributed by atoms with Crippen LogP contribution in [0.15, 0.2) is 48.7 Å². The minimum atomic E-state index is 0.221. The van der Waals surface area contributed by atoms with Crippen molar-refractivity contribution >= 4 is 22.2 Å². The molecule has 0 spiro atoms. The van der Waals surface area contributed by atoms with E-state index in [1.165, 1.54) is 20.7 Å². The fourth-order valence-electron chi connectivity index (χ4n) is 2.67. The van der Waals surface area contributed by atoms with Crippen molar-refractivity contribution in [2.75, 3.05) is 6.54 Å². The topological polar surface area (TPSA) is 24.9 Å². The average molecular weight is 296 g/mol. The molecule has 2 nitrogen and oxygen atoms in total. The Kier molecular flexibility index (Phi) is 4.32. The number of para-hydroxylation sites is 1. The SMILES string of the molecule is CCNC(c1ccc(CC)s1)c1cccc2cccnc12. The minimum Gasteiger partial charge on any atom is -0.306 e. The first-order chi connectivity index (χ1) is 10.3. The Morgan fingerprint density at radius 3 is 2.71 bits per heavy atom. The standard InChI is InChI=1S/C18H20N2S/c1-3-14-10-11-16(21-14)18(19-4-2)15-9-5-7-13-8-6-12-20-17(13)15/h5-12,18-19H,3-4H2,1-2H3. The van der Waals surface area contributed by atoms with E-state index < -0.39 is 0 Å². The summed E-state index contributed by atoms with van der Waals surface area (Å²) >= 11 is 1.89. The van der Waals surface area contributed by atoms with Crippen molar-refractivity contribution in [1.29, 1.82) is 0 Å². The molecule has 1 N–H and O–H groups in total. The maximum Gasteiger partial charge on any atom is 0.0753 e. The minimum absolute atomic E-state index is 0.221. The lowest BCUT2D eigenvalue weighted by molar-refractivity contribution is 0.642. The third-order valence-electron chi connectivity index (χ3n) is 3.70. The molecule has 21 heavy (non-hydrogen) atoms. The Hall–Kier alpha value is -1.71. The van der Waals surface area contributed by atoms with Gasteiger partial charge in [-0.2, -0.15) is 0 Å². The number of nitrogens with zero attached hydrogens (tertiary/aromatic N) is 1. The number of benzene rings is 1. The van der Waals surface area contributed by atoms with Gasteiger partial charge in [0.25, 0.3) is 0 Å². The molecule has 0 radical (unpaired) electrons. The highest BCUT2D eigenvalue weighted by Gasteiger charge is 2.18. The van der Waals surface area contributed by atoms with Crippen molar-refractivity contribution in [3.63, 3.8) is 0 Å². The van der Waals surface area contributed by atoms with Crippen LogP contribution in [0.25, 0.3) is 10.9 Å². The van der Waals surface area contributed by atoms with Gasteiger partial charge in [0.05, 0.1) is 11.6 Å². The first-order valence-electron chi connectivity index (χ1n) is 7.49. The van der Waals surface area contributed by atoms with Crippen LogP contribution in [-0.4, -0.2) is 11.5 Å². The molecule has 0 aliphatic carbocycles. The quantitative estimate of drug-likeness (QED) is 0.746. The van der Waals surface area contributed by atoms with Crippen LogP contribution in [0.1, 0.15) is 35.2 Å². The number of fused-ring (bicyclic) bond motifs is 1. The fraction of sp³-hybridized carbons (Fsp3) is 0.278. The molecule has 0 bridgehead atoms. The van der Waals surface area contributed by atoms with Crippen molar-refractivity contribution in [2.45, 2.75) is 26.3 Å². The molecular formula is C18H20N2S. The van der Waals surface area contributed by atoms with Gasteiger partial charge in [-0.3, -0.25) is 4.98 Å². The van der Waals surface area contributed by atoms with Gasteiger partial charge in [0.15, 0.2) is 0 Å². The smallest absolute Gasteiger partial charge is 0.0753 e. The van der Waals surface area contributed by atoms with E-state index in [9.17, 15) is 0 Å². The number of aromatic nitrogens is 1. The first-order valence-corrected chi connectivity index (χ1v) is 8.30. The second-order valence-corrected chi connectivity index (χ2v) is 6.27. The fourth-order valence-corrected chi connectivity index (χ4v) is 3.72. The van der Waals surface area contributed by atoms with Crippen LogP contribution >= 0.6 is 11.3 Å². The summed E-state index contributed by atoms with van der Waals surface area (Å²) in [6, 6.07) is 15.3. The molecule has 2 aromatic heterocycles. The van der Waals surface area contributed by atoms with Crippen LogP contribution in [0.3, 0.4) is 0 Å². The zero-order valence-corrected chi connectivity index (χ0v) is 13.3. The van der Waals surface area contributed by atoms with Crippen molar-refractivity contribution in [3.8, 4) is 0 Å². The lowest BCUT2D eigenvalue weighted by Crippen LogP contribution is -2.21. The maximum absolute atomic E-state index is 4.60. The largest absolute Gasteiger partial charge is 0.306 e. The van der Waals surface area contributed by atoms with E-state index in [1.807, 2.05) is 23.6 Å². The van der Waals surface area contributed by atoms with Crippen LogP contribution in [0.4, 0.5) is 0 Å². The maximum atomic E-state index is 4.60. The predicted molar refractivity (Wildman–Crippen MR) is 91.0 cm³/mol. The second-order valence-electron chi connectivity index (χ2n) is 5.07. The van der Waals surface area contributed by atoms with Gasteiger partial charge in [0, 0.05) is 26.9 Å². The molecule has 0 fully saturated rings. The summed E-state index contributed by atoms with van der Waals surface area (Å²) in [5.74, 6) is 0. The summed E-state index contributed by atoms with van der Waals surface area (Å²) in [7, 11) is 0. The first kappa shape index (κ1) is 14.2. The van der Waals surface area contributed by atoms with Gasteiger partial charge in [0.1, 0.15) is 0 Å². The van der Waals surface area contributed by atoms with E-state index in [-0.39, 0.29) is 6.04 Å². The normalized spacial score (nSPS) is 12.7. The lowest BCUT2D eigenvalue weighted by atomic mass is 10.0. The highest BCUT2D eigenvalue weighted by atomic mass is 32.1. The van der Waals surface area contributed by atoms with E-state index in [0.29, 0.717) is 0 Å². The Morgan fingerprint density at radius 2 is 1.95 bits per heavy atom. The zero-order chi connectivity index (χ0) is 14.7. The number of nitrogens with one attached hydrogen (secondary N) is 1. The molecule has 3 heteroatoms. The summed E-state index contributed by atoms with van der Waals surface area (Å²) < 4.78 is 0. The van der Waals surface area contributed by atoms with Gasteiger partial charge in [-0.05, 0) is 31.2 Å². The number of rotatable bonds is 5. The third-order valence-corrected chi connectivity index (χ3v) is 4.99. The van der Waals surface area contributed by atoms with Crippen LogP contribution in [-0.2, 0) is 6.42 Å². The molecular weight excluding hydrogens is 276 g/mol. The van der Waals surface area contributed by atoms with Crippen LogP contribution < -0.4 is 5.32 Å². The highest BCUT2D eigenvalue weighted by Crippen LogP contribution is 2.32. The molecule has 1 aromatic carbocycles. The molecule has 3 aromatic rings. The monoisotopic (exact) mass is 296 g/mol. The Labute approximate surface area is 129 Å². The van der Waals surface area contributed by atoms with E-state index in [1.54, 1.807) is 0 Å². The number of pyridine rings is 1. The van der Waals surface area contributed by atoms with Crippen LogP contribution in [0.5, 0.6) is 0 Å². The van der Waals surface area contributed by atoms with Gasteiger partial charge in [-0.15, -0.1) is 11.3 Å². The number of hydrogen-bond acceptors (Lipinski definition) is 3. The molecule has 0 amide bonds. The molecule has 1 unspecified atom stereocenters. The van der Waals surface area contributed by atoms with Gasteiger partial charge in [0.2, 0.25) is 0 Å². The Balaban J connectivity index is 2.11. The van der Waals surface area contributed by atoms with Gasteiger partial charge in [-0.1, -0.05) is 38.1 Å².